The lowest BCUT2D eigenvalue weighted by Gasteiger charge is -2.33. The Kier molecular flexibility index (Phi) is 4.31. The molecule has 1 unspecified atom stereocenters. The van der Waals surface area contributed by atoms with Crippen molar-refractivity contribution < 1.29 is 22.7 Å². The largest absolute Gasteiger partial charge is 0.416 e. The maximum absolute atomic E-state index is 12.8. The first kappa shape index (κ1) is 17.5. The average Bonchev–Trinajstić information content (AvgIpc) is 3.16. The molecule has 1 aliphatic rings. The van der Waals surface area contributed by atoms with Crippen LogP contribution in [0.15, 0.2) is 43.0 Å². The molecular formula is C18H15F3N4O2. The van der Waals surface area contributed by atoms with Crippen LogP contribution in [0.4, 0.5) is 13.2 Å². The quantitative estimate of drug-likeness (QED) is 0.746. The molecule has 1 amide bonds. The molecule has 9 heteroatoms. The third kappa shape index (κ3) is 3.37. The molecule has 1 aliphatic heterocycles. The molecule has 0 bridgehead atoms. The van der Waals surface area contributed by atoms with Gasteiger partial charge in [0.1, 0.15) is 0 Å². The number of pyridine rings is 1. The predicted octanol–water partition coefficient (Wildman–Crippen LogP) is 3.03. The summed E-state index contributed by atoms with van der Waals surface area (Å²) >= 11 is 0. The van der Waals surface area contributed by atoms with Crippen molar-refractivity contribution in [2.45, 2.75) is 12.3 Å². The Hall–Kier alpha value is -2.94. The number of nitrogens with zero attached hydrogens (tertiary/aromatic N) is 3. The van der Waals surface area contributed by atoms with E-state index >= 15 is 0 Å². The summed E-state index contributed by atoms with van der Waals surface area (Å²) in [6, 6.07) is 6.67. The predicted molar refractivity (Wildman–Crippen MR) is 91.0 cm³/mol. The van der Waals surface area contributed by atoms with Gasteiger partial charge in [0.25, 0.3) is 5.91 Å². The first-order valence-corrected chi connectivity index (χ1v) is 8.28. The van der Waals surface area contributed by atoms with Crippen LogP contribution in [-0.4, -0.2) is 57.7 Å². The summed E-state index contributed by atoms with van der Waals surface area (Å²) in [6.07, 6.45) is -1.52. The molecule has 1 N–H and O–H groups in total. The topological polar surface area (TPSA) is 71.1 Å². The van der Waals surface area contributed by atoms with E-state index in [1.54, 1.807) is 43.0 Å². The highest BCUT2D eigenvalue weighted by Crippen LogP contribution is 2.28. The number of aromatic nitrogens is 3. The van der Waals surface area contributed by atoms with Gasteiger partial charge in [-0.2, -0.15) is 13.2 Å². The number of benzene rings is 1. The Morgan fingerprint density at radius 2 is 2.00 bits per heavy atom. The number of fused-ring (bicyclic) bond motifs is 1. The minimum absolute atomic E-state index is 0.129. The molecule has 4 rings (SSSR count). The van der Waals surface area contributed by atoms with E-state index in [1.807, 2.05) is 0 Å². The third-order valence-corrected chi connectivity index (χ3v) is 4.49. The highest BCUT2D eigenvalue weighted by atomic mass is 19.4. The second-order valence-corrected chi connectivity index (χ2v) is 6.22. The van der Waals surface area contributed by atoms with Crippen LogP contribution < -0.4 is 0 Å². The molecule has 1 fully saturated rings. The van der Waals surface area contributed by atoms with E-state index in [1.165, 1.54) is 4.90 Å². The second kappa shape index (κ2) is 6.66. The number of aromatic amines is 1. The zero-order chi connectivity index (χ0) is 19.0. The van der Waals surface area contributed by atoms with Crippen LogP contribution in [0, 0.1) is 0 Å². The van der Waals surface area contributed by atoms with Gasteiger partial charge in [0, 0.05) is 23.9 Å². The van der Waals surface area contributed by atoms with Crippen molar-refractivity contribution in [3.05, 3.63) is 48.5 Å². The van der Waals surface area contributed by atoms with Gasteiger partial charge in [0.15, 0.2) is 6.10 Å². The molecular weight excluding hydrogens is 361 g/mol. The van der Waals surface area contributed by atoms with E-state index in [9.17, 15) is 18.0 Å². The smallest absolute Gasteiger partial charge is 0.365 e. The van der Waals surface area contributed by atoms with Crippen molar-refractivity contribution in [1.29, 1.82) is 0 Å². The van der Waals surface area contributed by atoms with Gasteiger partial charge in [-0.15, -0.1) is 0 Å². The van der Waals surface area contributed by atoms with Gasteiger partial charge in [-0.1, -0.05) is 12.1 Å². The van der Waals surface area contributed by atoms with Crippen LogP contribution in [0.2, 0.25) is 0 Å². The van der Waals surface area contributed by atoms with Crippen molar-refractivity contribution >= 4 is 16.9 Å². The maximum atomic E-state index is 12.8. The van der Waals surface area contributed by atoms with Crippen molar-refractivity contribution in [1.82, 2.24) is 19.9 Å². The molecule has 3 heterocycles. The molecule has 3 aromatic rings. The number of ether oxygens (including phenoxy) is 1. The van der Waals surface area contributed by atoms with E-state index in [-0.39, 0.29) is 13.2 Å². The number of imidazole rings is 1. The second-order valence-electron chi connectivity index (χ2n) is 6.22. The summed E-state index contributed by atoms with van der Waals surface area (Å²) in [5.41, 5.74) is 3.48. The lowest BCUT2D eigenvalue weighted by molar-refractivity contribution is -0.233. The maximum Gasteiger partial charge on any atom is 0.416 e. The molecule has 1 aromatic carbocycles. The number of nitrogens with one attached hydrogen (secondary N) is 1. The Morgan fingerprint density at radius 1 is 1.22 bits per heavy atom. The molecule has 0 spiro atoms. The van der Waals surface area contributed by atoms with Crippen LogP contribution in [0.3, 0.4) is 0 Å². The molecule has 6 nitrogen and oxygen atoms in total. The van der Waals surface area contributed by atoms with Crippen LogP contribution in [0.1, 0.15) is 10.4 Å². The zero-order valence-corrected chi connectivity index (χ0v) is 14.0. The van der Waals surface area contributed by atoms with E-state index in [0.29, 0.717) is 5.56 Å². The summed E-state index contributed by atoms with van der Waals surface area (Å²) in [4.78, 5) is 25.1. The number of amides is 1. The van der Waals surface area contributed by atoms with Gasteiger partial charge in [-0.05, 0) is 17.7 Å². The number of carbonyl (C=O) groups is 1. The number of halogens is 3. The van der Waals surface area contributed by atoms with Gasteiger partial charge < -0.3 is 14.6 Å². The number of alkyl halides is 3. The average molecular weight is 376 g/mol. The Labute approximate surface area is 152 Å². The van der Waals surface area contributed by atoms with E-state index in [4.69, 9.17) is 4.74 Å². The van der Waals surface area contributed by atoms with Crippen molar-refractivity contribution in [3.8, 4) is 11.1 Å². The number of hydrogen-bond acceptors (Lipinski definition) is 4. The zero-order valence-electron chi connectivity index (χ0n) is 14.0. The fourth-order valence-corrected chi connectivity index (χ4v) is 3.08. The lowest BCUT2D eigenvalue weighted by atomic mass is 10.0. The monoisotopic (exact) mass is 376 g/mol. The molecule has 27 heavy (non-hydrogen) atoms. The van der Waals surface area contributed by atoms with E-state index < -0.39 is 24.7 Å². The normalized spacial score (nSPS) is 18.0. The number of carbonyl (C=O) groups excluding carboxylic acids is 1. The molecule has 0 aliphatic carbocycles. The minimum Gasteiger partial charge on any atom is -0.365 e. The van der Waals surface area contributed by atoms with Crippen LogP contribution in [0.5, 0.6) is 0 Å². The van der Waals surface area contributed by atoms with E-state index in [2.05, 4.69) is 15.0 Å². The first-order chi connectivity index (χ1) is 12.9. The lowest BCUT2D eigenvalue weighted by Crippen LogP contribution is -2.51. The molecule has 0 radical (unpaired) electrons. The fraction of sp³-hybridized carbons (Fsp3) is 0.278. The summed E-state index contributed by atoms with van der Waals surface area (Å²) in [6.45, 7) is -0.509. The van der Waals surface area contributed by atoms with Crippen LogP contribution in [0.25, 0.3) is 22.2 Å². The Balaban J connectivity index is 1.55. The number of hydrogen-bond donors (Lipinski definition) is 1. The highest BCUT2D eigenvalue weighted by molar-refractivity contribution is 5.96. The third-order valence-electron chi connectivity index (χ3n) is 4.49. The van der Waals surface area contributed by atoms with Gasteiger partial charge in [-0.3, -0.25) is 9.78 Å². The molecule has 2 aromatic heterocycles. The molecule has 0 saturated carbocycles. The van der Waals surface area contributed by atoms with Crippen molar-refractivity contribution in [2.24, 2.45) is 0 Å². The van der Waals surface area contributed by atoms with Crippen molar-refractivity contribution in [2.75, 3.05) is 19.7 Å². The summed E-state index contributed by atoms with van der Waals surface area (Å²) in [5.74, 6) is -0.449. The number of rotatable bonds is 2. The van der Waals surface area contributed by atoms with E-state index in [0.717, 1.165) is 22.2 Å². The van der Waals surface area contributed by atoms with Crippen molar-refractivity contribution in [3.63, 3.8) is 0 Å². The van der Waals surface area contributed by atoms with Crippen LogP contribution >= 0.6 is 0 Å². The molecule has 140 valence electrons. The number of H-pyrrole nitrogens is 1. The first-order valence-electron chi connectivity index (χ1n) is 8.28. The summed E-state index contributed by atoms with van der Waals surface area (Å²) in [5, 5.41) is 0. The SMILES string of the molecule is O=C(c1ccc(-c2cncc3[nH]cnc23)cc1)N1CCOC(C(F)(F)F)C1. The Morgan fingerprint density at radius 3 is 2.74 bits per heavy atom. The molecule has 1 atom stereocenters. The number of morpholine rings is 1. The highest BCUT2D eigenvalue weighted by Gasteiger charge is 2.44. The van der Waals surface area contributed by atoms with Crippen LogP contribution in [-0.2, 0) is 4.74 Å². The van der Waals surface area contributed by atoms with Gasteiger partial charge in [0.2, 0.25) is 0 Å². The summed E-state index contributed by atoms with van der Waals surface area (Å²) < 4.78 is 43.3. The minimum atomic E-state index is -4.49. The van der Waals surface area contributed by atoms with Gasteiger partial charge in [-0.25, -0.2) is 4.98 Å². The fourth-order valence-electron chi connectivity index (χ4n) is 3.08. The summed E-state index contributed by atoms with van der Waals surface area (Å²) in [7, 11) is 0. The Bertz CT molecular complexity index is 969. The molecule has 1 saturated heterocycles. The standard InChI is InChI=1S/C18H15F3N4O2/c19-18(20,21)15-9-25(5-6-27-15)17(26)12-3-1-11(2-4-12)13-7-22-8-14-16(13)24-10-23-14/h1-4,7-8,10,15H,5-6,9H2,(H,23,24). The van der Waals surface area contributed by atoms with Gasteiger partial charge >= 0.3 is 6.18 Å². The van der Waals surface area contributed by atoms with Gasteiger partial charge in [0.05, 0.1) is 36.7 Å².